The first-order valence-corrected chi connectivity index (χ1v) is 5.56. The second kappa shape index (κ2) is 6.11. The number of rotatable bonds is 5. The van der Waals surface area contributed by atoms with E-state index in [1.807, 2.05) is 0 Å². The molecular weight excluding hydrogens is 244 g/mol. The molecule has 14 heavy (non-hydrogen) atoms. The normalized spacial score (nSPS) is 12.8. The van der Waals surface area contributed by atoms with E-state index in [0.717, 1.165) is 29.4 Å². The van der Waals surface area contributed by atoms with E-state index >= 15 is 0 Å². The van der Waals surface area contributed by atoms with Crippen LogP contribution in [0, 0.1) is 0 Å². The van der Waals surface area contributed by atoms with Gasteiger partial charge in [-0.15, -0.1) is 0 Å². The number of hydrogen-bond donors (Lipinski definition) is 2. The molecule has 4 heteroatoms. The van der Waals surface area contributed by atoms with E-state index in [-0.39, 0.29) is 0 Å². The number of halogens is 1. The van der Waals surface area contributed by atoms with E-state index in [0.29, 0.717) is 0 Å². The maximum absolute atomic E-state index is 9.76. The van der Waals surface area contributed by atoms with Crippen molar-refractivity contribution in [2.45, 2.75) is 26.0 Å². The molecule has 78 valence electrons. The smallest absolute Gasteiger partial charge is 0.132 e. The van der Waals surface area contributed by atoms with E-state index in [1.165, 1.54) is 0 Å². The zero-order valence-electron chi connectivity index (χ0n) is 8.20. The van der Waals surface area contributed by atoms with Gasteiger partial charge >= 0.3 is 0 Å². The zero-order chi connectivity index (χ0) is 10.4. The van der Waals surface area contributed by atoms with Crippen LogP contribution in [0.2, 0.25) is 0 Å². The molecule has 2 N–H and O–H groups in total. The standard InChI is InChI=1S/C10H15BrN2O/c1-2-3-5-13-10(14)8-4-6-12-7-9(8)11/h4,6-7,10,13-14H,2-3,5H2,1H3. The van der Waals surface area contributed by atoms with E-state index in [4.69, 9.17) is 0 Å². The van der Waals surface area contributed by atoms with Crippen molar-refractivity contribution in [1.82, 2.24) is 10.3 Å². The maximum Gasteiger partial charge on any atom is 0.132 e. The molecule has 0 radical (unpaired) electrons. The number of unbranched alkanes of at least 4 members (excludes halogenated alkanes) is 1. The number of aliphatic hydroxyl groups is 1. The van der Waals surface area contributed by atoms with E-state index in [2.05, 4.69) is 33.2 Å². The molecule has 1 aromatic heterocycles. The Balaban J connectivity index is 2.51. The Morgan fingerprint density at radius 1 is 1.64 bits per heavy atom. The third kappa shape index (κ3) is 3.36. The Morgan fingerprint density at radius 3 is 3.07 bits per heavy atom. The Kier molecular flexibility index (Phi) is 5.07. The third-order valence-corrected chi connectivity index (χ3v) is 2.63. The van der Waals surface area contributed by atoms with Crippen LogP contribution < -0.4 is 5.32 Å². The molecule has 0 amide bonds. The average Bonchev–Trinajstić information content (AvgIpc) is 2.18. The molecule has 0 fully saturated rings. The molecule has 1 aromatic rings. The van der Waals surface area contributed by atoms with Crippen LogP contribution >= 0.6 is 15.9 Å². The van der Waals surface area contributed by atoms with Crippen LogP contribution in [-0.2, 0) is 0 Å². The van der Waals surface area contributed by atoms with Gasteiger partial charge in [-0.1, -0.05) is 13.3 Å². The lowest BCUT2D eigenvalue weighted by Gasteiger charge is -2.13. The van der Waals surface area contributed by atoms with E-state index < -0.39 is 6.23 Å². The number of nitrogens with zero attached hydrogens (tertiary/aromatic N) is 1. The predicted octanol–water partition coefficient (Wildman–Crippen LogP) is 2.22. The van der Waals surface area contributed by atoms with Crippen molar-refractivity contribution in [3.63, 3.8) is 0 Å². The highest BCUT2D eigenvalue weighted by Gasteiger charge is 2.08. The minimum atomic E-state index is -0.612. The molecule has 0 aromatic carbocycles. The molecule has 0 saturated carbocycles. The van der Waals surface area contributed by atoms with Crippen molar-refractivity contribution in [3.05, 3.63) is 28.5 Å². The molecular formula is C10H15BrN2O. The summed E-state index contributed by atoms with van der Waals surface area (Å²) in [6, 6.07) is 1.80. The summed E-state index contributed by atoms with van der Waals surface area (Å²) < 4.78 is 0.830. The highest BCUT2D eigenvalue weighted by Crippen LogP contribution is 2.19. The zero-order valence-corrected chi connectivity index (χ0v) is 9.79. The molecule has 3 nitrogen and oxygen atoms in total. The van der Waals surface area contributed by atoms with Gasteiger partial charge in [-0.25, -0.2) is 0 Å². The van der Waals surface area contributed by atoms with Gasteiger partial charge in [0, 0.05) is 22.4 Å². The summed E-state index contributed by atoms with van der Waals surface area (Å²) in [5, 5.41) is 12.8. The second-order valence-corrected chi connectivity index (χ2v) is 3.96. The summed E-state index contributed by atoms with van der Waals surface area (Å²) >= 11 is 3.34. The summed E-state index contributed by atoms with van der Waals surface area (Å²) in [7, 11) is 0. The number of hydrogen-bond acceptors (Lipinski definition) is 3. The molecule has 0 aliphatic carbocycles. The van der Waals surface area contributed by atoms with E-state index in [1.54, 1.807) is 18.5 Å². The third-order valence-electron chi connectivity index (χ3n) is 1.97. The average molecular weight is 259 g/mol. The van der Waals surface area contributed by atoms with Gasteiger partial charge in [0.05, 0.1) is 0 Å². The Hall–Kier alpha value is -0.450. The largest absolute Gasteiger partial charge is 0.374 e. The second-order valence-electron chi connectivity index (χ2n) is 3.11. The highest BCUT2D eigenvalue weighted by molar-refractivity contribution is 9.10. The van der Waals surface area contributed by atoms with Crippen LogP contribution in [-0.4, -0.2) is 16.6 Å². The Labute approximate surface area is 92.7 Å². The van der Waals surface area contributed by atoms with Gasteiger partial charge in [-0.3, -0.25) is 10.3 Å². The molecule has 0 aliphatic rings. The van der Waals surface area contributed by atoms with Gasteiger partial charge in [0.2, 0.25) is 0 Å². The summed E-state index contributed by atoms with van der Waals surface area (Å²) in [5.41, 5.74) is 0.830. The fraction of sp³-hybridized carbons (Fsp3) is 0.500. The molecule has 1 rings (SSSR count). The fourth-order valence-electron chi connectivity index (χ4n) is 1.13. The summed E-state index contributed by atoms with van der Waals surface area (Å²) in [6.07, 6.45) is 4.93. The van der Waals surface area contributed by atoms with Crippen LogP contribution in [0.15, 0.2) is 22.9 Å². The summed E-state index contributed by atoms with van der Waals surface area (Å²) in [4.78, 5) is 3.94. The first-order valence-electron chi connectivity index (χ1n) is 4.76. The molecule has 0 aliphatic heterocycles. The van der Waals surface area contributed by atoms with Crippen molar-refractivity contribution in [3.8, 4) is 0 Å². The van der Waals surface area contributed by atoms with Gasteiger partial charge in [-0.2, -0.15) is 0 Å². The first-order chi connectivity index (χ1) is 6.75. The lowest BCUT2D eigenvalue weighted by Crippen LogP contribution is -2.22. The van der Waals surface area contributed by atoms with Crippen molar-refractivity contribution >= 4 is 15.9 Å². The Bertz CT molecular complexity index is 281. The topological polar surface area (TPSA) is 45.1 Å². The highest BCUT2D eigenvalue weighted by atomic mass is 79.9. The molecule has 1 unspecified atom stereocenters. The summed E-state index contributed by atoms with van der Waals surface area (Å²) in [5.74, 6) is 0. The van der Waals surface area contributed by atoms with Gasteiger partial charge < -0.3 is 5.11 Å². The van der Waals surface area contributed by atoms with Crippen LogP contribution in [0.5, 0.6) is 0 Å². The molecule has 0 bridgehead atoms. The predicted molar refractivity (Wildman–Crippen MR) is 59.8 cm³/mol. The lowest BCUT2D eigenvalue weighted by atomic mass is 10.2. The maximum atomic E-state index is 9.76. The Morgan fingerprint density at radius 2 is 2.43 bits per heavy atom. The monoisotopic (exact) mass is 258 g/mol. The van der Waals surface area contributed by atoms with Crippen LogP contribution in [0.4, 0.5) is 0 Å². The number of nitrogens with one attached hydrogen (secondary N) is 1. The van der Waals surface area contributed by atoms with Crippen LogP contribution in [0.3, 0.4) is 0 Å². The van der Waals surface area contributed by atoms with Crippen LogP contribution in [0.1, 0.15) is 31.6 Å². The van der Waals surface area contributed by atoms with Gasteiger partial charge in [-0.05, 0) is 35.0 Å². The number of aromatic nitrogens is 1. The van der Waals surface area contributed by atoms with E-state index in [9.17, 15) is 5.11 Å². The number of aliphatic hydroxyl groups excluding tert-OH is 1. The number of pyridine rings is 1. The van der Waals surface area contributed by atoms with Gasteiger partial charge in [0.1, 0.15) is 6.23 Å². The lowest BCUT2D eigenvalue weighted by molar-refractivity contribution is 0.138. The van der Waals surface area contributed by atoms with Crippen molar-refractivity contribution < 1.29 is 5.11 Å². The van der Waals surface area contributed by atoms with Crippen molar-refractivity contribution in [2.75, 3.05) is 6.54 Å². The molecule has 1 atom stereocenters. The minimum Gasteiger partial charge on any atom is -0.374 e. The first kappa shape index (κ1) is 11.6. The van der Waals surface area contributed by atoms with Crippen molar-refractivity contribution in [1.29, 1.82) is 0 Å². The molecule has 0 saturated heterocycles. The SMILES string of the molecule is CCCCNC(O)c1ccncc1Br. The summed E-state index contributed by atoms with van der Waals surface area (Å²) in [6.45, 7) is 2.95. The van der Waals surface area contributed by atoms with Crippen LogP contribution in [0.25, 0.3) is 0 Å². The van der Waals surface area contributed by atoms with Crippen molar-refractivity contribution in [2.24, 2.45) is 0 Å². The van der Waals surface area contributed by atoms with Gasteiger partial charge in [0.15, 0.2) is 0 Å². The minimum absolute atomic E-state index is 0.612. The quantitative estimate of drug-likeness (QED) is 0.629. The fourth-order valence-corrected chi connectivity index (χ4v) is 1.60. The van der Waals surface area contributed by atoms with Gasteiger partial charge in [0.25, 0.3) is 0 Å². The molecule has 1 heterocycles. The molecule has 0 spiro atoms.